The molecule has 0 bridgehead atoms. The number of carbonyl (C=O) groups excluding carboxylic acids is 1. The fourth-order valence-electron chi connectivity index (χ4n) is 1.85. The summed E-state index contributed by atoms with van der Waals surface area (Å²) in [7, 11) is 0. The molecule has 0 aromatic carbocycles. The molecule has 0 aliphatic heterocycles. The molecule has 1 aliphatic rings. The largest absolute Gasteiger partial charge is 0.473 e. The number of esters is 1. The first kappa shape index (κ1) is 11.0. The first-order valence-corrected chi connectivity index (χ1v) is 5.68. The van der Waals surface area contributed by atoms with Crippen molar-refractivity contribution in [1.82, 2.24) is 10.2 Å². The van der Waals surface area contributed by atoms with Crippen LogP contribution in [-0.4, -0.2) is 28.9 Å². The minimum Gasteiger partial charge on any atom is -0.473 e. The Morgan fingerprint density at radius 3 is 3.00 bits per heavy atom. The van der Waals surface area contributed by atoms with E-state index in [9.17, 15) is 4.79 Å². The Kier molecular flexibility index (Phi) is 3.44. The Morgan fingerprint density at radius 2 is 2.31 bits per heavy atom. The molecule has 5 heteroatoms. The standard InChI is InChI=1S/C11H16N2O3/c1-2-15-11(14)9-7-10(13-12-9)16-8-5-3-4-6-8/h7-8H,2-6H2,1H3,(H,12,13). The van der Waals surface area contributed by atoms with E-state index in [-0.39, 0.29) is 6.10 Å². The van der Waals surface area contributed by atoms with Gasteiger partial charge in [-0.15, -0.1) is 5.10 Å². The number of nitrogens with one attached hydrogen (secondary N) is 1. The molecule has 1 aromatic heterocycles. The Balaban J connectivity index is 1.93. The van der Waals surface area contributed by atoms with E-state index in [1.165, 1.54) is 12.8 Å². The molecule has 1 N–H and O–H groups in total. The Labute approximate surface area is 94.1 Å². The molecular formula is C11H16N2O3. The predicted molar refractivity (Wildman–Crippen MR) is 57.4 cm³/mol. The van der Waals surface area contributed by atoms with Gasteiger partial charge in [0.05, 0.1) is 6.61 Å². The van der Waals surface area contributed by atoms with Crippen molar-refractivity contribution in [3.05, 3.63) is 11.8 Å². The fourth-order valence-corrected chi connectivity index (χ4v) is 1.85. The number of H-pyrrole nitrogens is 1. The van der Waals surface area contributed by atoms with E-state index in [1.54, 1.807) is 13.0 Å². The van der Waals surface area contributed by atoms with Crippen LogP contribution in [0.3, 0.4) is 0 Å². The maximum absolute atomic E-state index is 11.3. The van der Waals surface area contributed by atoms with Gasteiger partial charge in [0.15, 0.2) is 0 Å². The summed E-state index contributed by atoms with van der Waals surface area (Å²) in [5, 5.41) is 6.55. The average Bonchev–Trinajstić information content (AvgIpc) is 2.90. The highest BCUT2D eigenvalue weighted by Crippen LogP contribution is 2.23. The second-order valence-corrected chi connectivity index (χ2v) is 3.86. The molecular weight excluding hydrogens is 208 g/mol. The van der Waals surface area contributed by atoms with E-state index in [1.807, 2.05) is 0 Å². The smallest absolute Gasteiger partial charge is 0.356 e. The molecule has 1 aliphatic carbocycles. The van der Waals surface area contributed by atoms with Crippen molar-refractivity contribution in [2.24, 2.45) is 0 Å². The summed E-state index contributed by atoms with van der Waals surface area (Å²) in [5.41, 5.74) is 0.342. The number of rotatable bonds is 4. The quantitative estimate of drug-likeness (QED) is 0.793. The lowest BCUT2D eigenvalue weighted by atomic mass is 10.3. The maximum Gasteiger partial charge on any atom is 0.356 e. The summed E-state index contributed by atoms with van der Waals surface area (Å²) in [4.78, 5) is 11.3. The van der Waals surface area contributed by atoms with Crippen molar-refractivity contribution in [1.29, 1.82) is 0 Å². The van der Waals surface area contributed by atoms with Crippen LogP contribution >= 0.6 is 0 Å². The summed E-state index contributed by atoms with van der Waals surface area (Å²) in [5.74, 6) is 0.0891. The van der Waals surface area contributed by atoms with Gasteiger partial charge in [-0.05, 0) is 32.6 Å². The Hall–Kier alpha value is -1.52. The van der Waals surface area contributed by atoms with Gasteiger partial charge in [0.2, 0.25) is 5.88 Å². The fraction of sp³-hybridized carbons (Fsp3) is 0.636. The monoisotopic (exact) mass is 224 g/mol. The molecule has 88 valence electrons. The summed E-state index contributed by atoms with van der Waals surface area (Å²) < 4.78 is 10.5. The zero-order valence-corrected chi connectivity index (χ0v) is 9.36. The van der Waals surface area contributed by atoms with Crippen LogP contribution in [-0.2, 0) is 4.74 Å². The molecule has 0 atom stereocenters. The van der Waals surface area contributed by atoms with Crippen LogP contribution in [0.4, 0.5) is 0 Å². The number of carbonyl (C=O) groups is 1. The van der Waals surface area contributed by atoms with Gasteiger partial charge in [0, 0.05) is 6.07 Å². The number of nitrogens with zero attached hydrogens (tertiary/aromatic N) is 1. The first-order chi connectivity index (χ1) is 7.79. The van der Waals surface area contributed by atoms with E-state index >= 15 is 0 Å². The first-order valence-electron chi connectivity index (χ1n) is 5.68. The van der Waals surface area contributed by atoms with Gasteiger partial charge in [-0.3, -0.25) is 5.10 Å². The summed E-state index contributed by atoms with van der Waals surface area (Å²) >= 11 is 0. The van der Waals surface area contributed by atoms with E-state index in [2.05, 4.69) is 10.2 Å². The second kappa shape index (κ2) is 5.01. The van der Waals surface area contributed by atoms with Gasteiger partial charge in [-0.2, -0.15) is 0 Å². The third-order valence-electron chi connectivity index (χ3n) is 2.64. The van der Waals surface area contributed by atoms with Crippen molar-refractivity contribution in [3.8, 4) is 5.88 Å². The predicted octanol–water partition coefficient (Wildman–Crippen LogP) is 1.91. The lowest BCUT2D eigenvalue weighted by Crippen LogP contribution is -2.10. The minimum atomic E-state index is -0.392. The van der Waals surface area contributed by atoms with Crippen LogP contribution in [0.1, 0.15) is 43.1 Å². The molecule has 1 fully saturated rings. The summed E-state index contributed by atoms with van der Waals surface area (Å²) in [6.07, 6.45) is 4.81. The molecule has 16 heavy (non-hydrogen) atoms. The summed E-state index contributed by atoms with van der Waals surface area (Å²) in [6, 6.07) is 1.59. The normalized spacial score (nSPS) is 16.3. The third kappa shape index (κ3) is 2.53. The summed E-state index contributed by atoms with van der Waals surface area (Å²) in [6.45, 7) is 2.13. The van der Waals surface area contributed by atoms with Gasteiger partial charge in [0.25, 0.3) is 0 Å². The molecule has 5 nitrogen and oxygen atoms in total. The lowest BCUT2D eigenvalue weighted by molar-refractivity contribution is 0.0519. The van der Waals surface area contributed by atoms with Gasteiger partial charge < -0.3 is 9.47 Å². The zero-order valence-electron chi connectivity index (χ0n) is 9.36. The minimum absolute atomic E-state index is 0.248. The molecule has 0 radical (unpaired) electrons. The van der Waals surface area contributed by atoms with Crippen molar-refractivity contribution in [3.63, 3.8) is 0 Å². The van der Waals surface area contributed by atoms with Crippen molar-refractivity contribution < 1.29 is 14.3 Å². The zero-order chi connectivity index (χ0) is 11.4. The van der Waals surface area contributed by atoms with Crippen LogP contribution in [0, 0.1) is 0 Å². The maximum atomic E-state index is 11.3. The van der Waals surface area contributed by atoms with Gasteiger partial charge in [-0.1, -0.05) is 0 Å². The van der Waals surface area contributed by atoms with E-state index < -0.39 is 5.97 Å². The van der Waals surface area contributed by atoms with Crippen molar-refractivity contribution in [2.75, 3.05) is 6.61 Å². The number of aromatic nitrogens is 2. The molecule has 1 heterocycles. The number of aromatic amines is 1. The molecule has 0 unspecified atom stereocenters. The van der Waals surface area contributed by atoms with Crippen LogP contribution in [0.15, 0.2) is 6.07 Å². The molecule has 0 saturated heterocycles. The van der Waals surface area contributed by atoms with Gasteiger partial charge >= 0.3 is 5.97 Å². The van der Waals surface area contributed by atoms with Crippen LogP contribution in [0.5, 0.6) is 5.88 Å². The topological polar surface area (TPSA) is 64.2 Å². The number of hydrogen-bond acceptors (Lipinski definition) is 4. The van der Waals surface area contributed by atoms with Crippen LogP contribution in [0.25, 0.3) is 0 Å². The highest BCUT2D eigenvalue weighted by atomic mass is 16.5. The third-order valence-corrected chi connectivity index (χ3v) is 2.64. The van der Waals surface area contributed by atoms with Gasteiger partial charge in [0.1, 0.15) is 11.8 Å². The van der Waals surface area contributed by atoms with Crippen molar-refractivity contribution in [2.45, 2.75) is 38.7 Å². The highest BCUT2D eigenvalue weighted by molar-refractivity contribution is 5.87. The van der Waals surface area contributed by atoms with Gasteiger partial charge in [-0.25, -0.2) is 4.79 Å². The van der Waals surface area contributed by atoms with Crippen LogP contribution < -0.4 is 4.74 Å². The number of hydrogen-bond donors (Lipinski definition) is 1. The second-order valence-electron chi connectivity index (χ2n) is 3.86. The molecule has 0 spiro atoms. The average molecular weight is 224 g/mol. The van der Waals surface area contributed by atoms with E-state index in [0.717, 1.165) is 12.8 Å². The van der Waals surface area contributed by atoms with Crippen molar-refractivity contribution >= 4 is 5.97 Å². The highest BCUT2D eigenvalue weighted by Gasteiger charge is 2.19. The lowest BCUT2D eigenvalue weighted by Gasteiger charge is -2.08. The SMILES string of the molecule is CCOC(=O)c1cc(OC2CCCC2)n[nH]1. The molecule has 1 saturated carbocycles. The molecule has 2 rings (SSSR count). The number of ether oxygens (including phenoxy) is 2. The Bertz CT molecular complexity index is 356. The van der Waals surface area contributed by atoms with E-state index in [0.29, 0.717) is 18.2 Å². The molecule has 1 aromatic rings. The molecule has 0 amide bonds. The Morgan fingerprint density at radius 1 is 1.56 bits per heavy atom. The van der Waals surface area contributed by atoms with E-state index in [4.69, 9.17) is 9.47 Å². The van der Waals surface area contributed by atoms with Crippen LogP contribution in [0.2, 0.25) is 0 Å².